The Kier molecular flexibility index (Phi) is 4.18. The van der Waals surface area contributed by atoms with Crippen LogP contribution in [-0.4, -0.2) is 17.5 Å². The van der Waals surface area contributed by atoms with Gasteiger partial charge < -0.3 is 0 Å². The molecule has 0 radical (unpaired) electrons. The standard InChI is InChI=1S/C22H12N4S4/c1-3-4-12-6-8-18(28-12)16-10-14-13(20-22(16)26-30-24-20)9-15(17-7-5-11(2)27-17)21-19(14)23-29-25-21/h5-10H,1-2H3. The maximum Gasteiger partial charge on any atom is 0.114 e. The van der Waals surface area contributed by atoms with Crippen LogP contribution < -0.4 is 0 Å². The fraction of sp³-hybridized carbons (Fsp3) is 0.0909. The molecule has 2 aromatic carbocycles. The normalized spacial score (nSPS) is 11.4. The van der Waals surface area contributed by atoms with E-state index >= 15 is 0 Å². The van der Waals surface area contributed by atoms with E-state index < -0.39 is 0 Å². The van der Waals surface area contributed by atoms with E-state index in [2.05, 4.69) is 72.7 Å². The summed E-state index contributed by atoms with van der Waals surface area (Å²) in [6.07, 6.45) is 0. The Morgan fingerprint density at radius 1 is 0.700 bits per heavy atom. The van der Waals surface area contributed by atoms with E-state index in [9.17, 15) is 0 Å². The molecule has 0 saturated heterocycles. The largest absolute Gasteiger partial charge is 0.172 e. The van der Waals surface area contributed by atoms with E-state index in [0.29, 0.717) is 0 Å². The molecule has 0 spiro atoms. The number of fused-ring (bicyclic) bond motifs is 5. The van der Waals surface area contributed by atoms with Gasteiger partial charge in [-0.15, -0.1) is 28.6 Å². The zero-order valence-electron chi connectivity index (χ0n) is 15.9. The van der Waals surface area contributed by atoms with Gasteiger partial charge in [0, 0.05) is 36.5 Å². The lowest BCUT2D eigenvalue weighted by Crippen LogP contribution is -1.86. The number of aryl methyl sites for hydroxylation is 1. The molecule has 4 nitrogen and oxygen atoms in total. The number of benzene rings is 2. The molecule has 0 aliphatic heterocycles. The molecule has 144 valence electrons. The van der Waals surface area contributed by atoms with Gasteiger partial charge in [-0.1, -0.05) is 5.92 Å². The second-order valence-corrected chi connectivity index (χ2v) is 10.2. The lowest BCUT2D eigenvalue weighted by molar-refractivity contribution is 1.64. The average Bonchev–Trinajstić information content (AvgIpc) is 3.53. The molecule has 0 aliphatic carbocycles. The first-order valence-corrected chi connectivity index (χ1v) is 12.3. The topological polar surface area (TPSA) is 51.6 Å². The highest BCUT2D eigenvalue weighted by atomic mass is 32.1. The van der Waals surface area contributed by atoms with E-state index in [1.54, 1.807) is 22.7 Å². The Labute approximate surface area is 188 Å². The molecule has 4 aromatic heterocycles. The van der Waals surface area contributed by atoms with Crippen molar-refractivity contribution >= 4 is 79.0 Å². The SMILES string of the molecule is CC#Cc1ccc(-c2cc3c(cc(-c4ccc(C)s4)c4nsnc43)c3nsnc23)s1. The molecule has 30 heavy (non-hydrogen) atoms. The lowest BCUT2D eigenvalue weighted by atomic mass is 9.99. The van der Waals surface area contributed by atoms with Crippen LogP contribution in [0.3, 0.4) is 0 Å². The molecule has 4 heterocycles. The number of rotatable bonds is 2. The Hall–Kier alpha value is -2.70. The molecule has 0 saturated carbocycles. The zero-order valence-corrected chi connectivity index (χ0v) is 19.2. The molecule has 0 amide bonds. The summed E-state index contributed by atoms with van der Waals surface area (Å²) in [6.45, 7) is 3.98. The van der Waals surface area contributed by atoms with Crippen LogP contribution in [0.15, 0.2) is 36.4 Å². The third-order valence-electron chi connectivity index (χ3n) is 4.99. The summed E-state index contributed by atoms with van der Waals surface area (Å²) in [7, 11) is 0. The van der Waals surface area contributed by atoms with Gasteiger partial charge in [-0.3, -0.25) is 0 Å². The van der Waals surface area contributed by atoms with Gasteiger partial charge in [0.1, 0.15) is 22.1 Å². The third kappa shape index (κ3) is 2.71. The fourth-order valence-corrected chi connectivity index (χ4v) is 6.64. The summed E-state index contributed by atoms with van der Waals surface area (Å²) in [4.78, 5) is 4.67. The quantitative estimate of drug-likeness (QED) is 0.261. The van der Waals surface area contributed by atoms with Crippen LogP contribution in [0.1, 0.15) is 16.7 Å². The molecule has 0 bridgehead atoms. The van der Waals surface area contributed by atoms with Gasteiger partial charge in [-0.25, -0.2) is 0 Å². The summed E-state index contributed by atoms with van der Waals surface area (Å²) in [5.41, 5.74) is 5.93. The summed E-state index contributed by atoms with van der Waals surface area (Å²) in [5, 5.41) is 2.15. The van der Waals surface area contributed by atoms with Crippen LogP contribution in [0.5, 0.6) is 0 Å². The third-order valence-corrected chi connectivity index (χ3v) is 8.12. The molecule has 0 atom stereocenters. The average molecular weight is 461 g/mol. The summed E-state index contributed by atoms with van der Waals surface area (Å²) >= 11 is 5.97. The lowest BCUT2D eigenvalue weighted by Gasteiger charge is -2.07. The second-order valence-electron chi connectivity index (χ2n) is 6.82. The molecule has 8 heteroatoms. The monoisotopic (exact) mass is 460 g/mol. The molecular weight excluding hydrogens is 449 g/mol. The summed E-state index contributed by atoms with van der Waals surface area (Å²) in [5.74, 6) is 6.12. The first-order chi connectivity index (χ1) is 14.7. The summed E-state index contributed by atoms with van der Waals surface area (Å²) in [6, 6.07) is 12.9. The van der Waals surface area contributed by atoms with Crippen LogP contribution in [0.25, 0.3) is 53.7 Å². The van der Waals surface area contributed by atoms with Crippen molar-refractivity contribution in [3.63, 3.8) is 0 Å². The van der Waals surface area contributed by atoms with Crippen molar-refractivity contribution in [3.8, 4) is 32.7 Å². The van der Waals surface area contributed by atoms with Crippen LogP contribution in [0, 0.1) is 18.8 Å². The maximum atomic E-state index is 4.67. The Bertz CT molecular complexity index is 1640. The number of hydrogen-bond acceptors (Lipinski definition) is 8. The zero-order chi connectivity index (χ0) is 20.2. The molecule has 6 aromatic rings. The van der Waals surface area contributed by atoms with Crippen molar-refractivity contribution < 1.29 is 0 Å². The van der Waals surface area contributed by atoms with Crippen molar-refractivity contribution in [1.82, 2.24) is 17.5 Å². The van der Waals surface area contributed by atoms with Gasteiger partial charge >= 0.3 is 0 Å². The van der Waals surface area contributed by atoms with Gasteiger partial charge in [0.25, 0.3) is 0 Å². The van der Waals surface area contributed by atoms with Gasteiger partial charge in [-0.05, 0) is 50.2 Å². The van der Waals surface area contributed by atoms with Crippen LogP contribution in [0.2, 0.25) is 0 Å². The van der Waals surface area contributed by atoms with E-state index in [0.717, 1.165) is 53.7 Å². The predicted octanol–water partition coefficient (Wildman–Crippen LogP) is 6.99. The molecule has 0 N–H and O–H groups in total. The van der Waals surface area contributed by atoms with Crippen molar-refractivity contribution in [2.45, 2.75) is 13.8 Å². The first-order valence-electron chi connectivity index (χ1n) is 9.17. The van der Waals surface area contributed by atoms with Crippen molar-refractivity contribution in [1.29, 1.82) is 0 Å². The van der Waals surface area contributed by atoms with Crippen LogP contribution in [0.4, 0.5) is 0 Å². The van der Waals surface area contributed by atoms with Crippen molar-refractivity contribution in [2.75, 3.05) is 0 Å². The molecule has 0 fully saturated rings. The van der Waals surface area contributed by atoms with Crippen molar-refractivity contribution in [3.05, 3.63) is 46.2 Å². The molecule has 6 rings (SSSR count). The smallest absolute Gasteiger partial charge is 0.114 e. The molecular formula is C22H12N4S4. The number of aromatic nitrogens is 4. The number of nitrogens with zero attached hydrogens (tertiary/aromatic N) is 4. The Morgan fingerprint density at radius 3 is 1.83 bits per heavy atom. The predicted molar refractivity (Wildman–Crippen MR) is 130 cm³/mol. The first kappa shape index (κ1) is 18.1. The number of hydrogen-bond donors (Lipinski definition) is 0. The van der Waals surface area contributed by atoms with Gasteiger partial charge in [0.2, 0.25) is 0 Å². The van der Waals surface area contributed by atoms with Crippen molar-refractivity contribution in [2.24, 2.45) is 0 Å². The Balaban J connectivity index is 1.71. The highest BCUT2D eigenvalue weighted by Crippen LogP contribution is 2.42. The van der Waals surface area contributed by atoms with Gasteiger partial charge in [-0.2, -0.15) is 17.5 Å². The minimum Gasteiger partial charge on any atom is -0.172 e. The minimum absolute atomic E-state index is 0.924. The Morgan fingerprint density at radius 2 is 1.27 bits per heavy atom. The van der Waals surface area contributed by atoms with Crippen LogP contribution in [-0.2, 0) is 0 Å². The second kappa shape index (κ2) is 6.93. The van der Waals surface area contributed by atoms with Gasteiger partial charge in [0.05, 0.1) is 28.3 Å². The van der Waals surface area contributed by atoms with Crippen LogP contribution >= 0.6 is 46.1 Å². The highest BCUT2D eigenvalue weighted by molar-refractivity contribution is 7.16. The number of thiophene rings is 2. The summed E-state index contributed by atoms with van der Waals surface area (Å²) < 4.78 is 18.6. The van der Waals surface area contributed by atoms with E-state index in [4.69, 9.17) is 0 Å². The molecule has 0 unspecified atom stereocenters. The van der Waals surface area contributed by atoms with Gasteiger partial charge in [0.15, 0.2) is 0 Å². The highest BCUT2D eigenvalue weighted by Gasteiger charge is 2.20. The van der Waals surface area contributed by atoms with E-state index in [1.807, 2.05) is 6.92 Å². The molecule has 0 aliphatic rings. The maximum absolute atomic E-state index is 4.67. The minimum atomic E-state index is 0.924. The van der Waals surface area contributed by atoms with E-state index in [1.165, 1.54) is 33.2 Å². The van der Waals surface area contributed by atoms with E-state index in [-0.39, 0.29) is 0 Å². The fourth-order valence-electron chi connectivity index (χ4n) is 3.68.